The van der Waals surface area contributed by atoms with Crippen molar-refractivity contribution in [2.24, 2.45) is 0 Å². The third-order valence-electron chi connectivity index (χ3n) is 3.27. The second kappa shape index (κ2) is 19.6. The van der Waals surface area contributed by atoms with E-state index in [1.807, 2.05) is 40.8 Å². The Labute approximate surface area is 197 Å². The Morgan fingerprint density at radius 3 is 1.33 bits per heavy atom. The predicted molar refractivity (Wildman–Crippen MR) is 139 cm³/mol. The van der Waals surface area contributed by atoms with Crippen LogP contribution < -0.4 is 0 Å². The molecule has 0 amide bonds. The summed E-state index contributed by atoms with van der Waals surface area (Å²) in [5.74, 6) is 0. The maximum absolute atomic E-state index is 5.93. The van der Waals surface area contributed by atoms with Gasteiger partial charge in [-0.25, -0.2) is 0 Å². The van der Waals surface area contributed by atoms with Gasteiger partial charge in [-0.15, -0.1) is 0 Å². The van der Waals surface area contributed by atoms with Crippen molar-refractivity contribution in [1.29, 1.82) is 0 Å². The molecule has 0 aromatic rings. The standard InChI is InChI=1S/C10H28O6Si3.C4H18O3Si4/c1-7-11-17(12-8-2)15-19(5,6)16-18(13-9-3)14-10-4;1-10(2)6-9-7-11(3,4)5-8/h17-18H,7-10H2,1-6H3;10H,9H2,1-4,8H3. The Kier molecular flexibility index (Phi) is 21.8. The summed E-state index contributed by atoms with van der Waals surface area (Å²) in [5.41, 5.74) is 0. The zero-order valence-corrected chi connectivity index (χ0v) is 29.8. The van der Waals surface area contributed by atoms with Crippen molar-refractivity contribution in [3.8, 4) is 0 Å². The largest absolute Gasteiger partial charge is 0.475 e. The minimum absolute atomic E-state index is 0.582. The van der Waals surface area contributed by atoms with Crippen LogP contribution in [0.5, 0.6) is 0 Å². The summed E-state index contributed by atoms with van der Waals surface area (Å²) in [5, 5.41) is 0. The average molecular weight is 555 g/mol. The van der Waals surface area contributed by atoms with Crippen LogP contribution in [0.15, 0.2) is 0 Å². The molecule has 0 heterocycles. The maximum Gasteiger partial charge on any atom is 0.475 e. The van der Waals surface area contributed by atoms with Crippen LogP contribution in [0.25, 0.3) is 0 Å². The Hall–Kier alpha value is 1.16. The lowest BCUT2D eigenvalue weighted by molar-refractivity contribution is 0.117. The van der Waals surface area contributed by atoms with Gasteiger partial charge in [-0.05, 0) is 67.0 Å². The molecule has 0 aliphatic rings. The average Bonchev–Trinajstić information content (AvgIpc) is 2.62. The highest BCUT2D eigenvalue weighted by atomic mass is 28.5. The minimum atomic E-state index is -2.35. The van der Waals surface area contributed by atoms with Gasteiger partial charge in [-0.3, -0.25) is 0 Å². The number of hydrogen-bond acceptors (Lipinski definition) is 9. The molecule has 0 bridgehead atoms. The molecule has 0 saturated heterocycles. The normalized spacial score (nSPS) is 13.1. The van der Waals surface area contributed by atoms with Gasteiger partial charge in [0.2, 0.25) is 0 Å². The first-order valence-corrected chi connectivity index (χ1v) is 23.8. The highest BCUT2D eigenvalue weighted by Crippen LogP contribution is 2.12. The molecule has 0 fully saturated rings. The van der Waals surface area contributed by atoms with E-state index in [1.54, 1.807) is 0 Å². The second-order valence-electron chi connectivity index (χ2n) is 7.12. The first kappa shape index (κ1) is 33.3. The summed E-state index contributed by atoms with van der Waals surface area (Å²) in [6.45, 7) is 22.4. The van der Waals surface area contributed by atoms with Crippen LogP contribution in [0.3, 0.4) is 0 Å². The van der Waals surface area contributed by atoms with Crippen molar-refractivity contribution in [3.63, 3.8) is 0 Å². The van der Waals surface area contributed by atoms with Crippen molar-refractivity contribution in [1.82, 2.24) is 0 Å². The first-order chi connectivity index (χ1) is 14.0. The van der Waals surface area contributed by atoms with E-state index >= 15 is 0 Å². The fourth-order valence-corrected chi connectivity index (χ4v) is 13.1. The minimum Gasteiger partial charge on any atom is -0.445 e. The van der Waals surface area contributed by atoms with Gasteiger partial charge in [0.25, 0.3) is 10.0 Å². The molecule has 0 spiro atoms. The topological polar surface area (TPSA) is 83.1 Å². The van der Waals surface area contributed by atoms with E-state index < -0.39 is 55.2 Å². The Morgan fingerprint density at radius 1 is 0.700 bits per heavy atom. The summed E-state index contributed by atoms with van der Waals surface area (Å²) >= 11 is 0. The van der Waals surface area contributed by atoms with Gasteiger partial charge in [0, 0.05) is 26.4 Å². The summed E-state index contributed by atoms with van der Waals surface area (Å²) in [4.78, 5) is 0. The van der Waals surface area contributed by atoms with Crippen LogP contribution in [-0.2, 0) is 38.3 Å². The molecule has 0 atom stereocenters. The Morgan fingerprint density at radius 2 is 1.07 bits per heavy atom. The van der Waals surface area contributed by atoms with Crippen LogP contribution in [0, 0.1) is 0 Å². The van der Waals surface area contributed by atoms with E-state index in [4.69, 9.17) is 38.3 Å². The Bertz CT molecular complexity index is 363. The fraction of sp³-hybridized carbons (Fsp3) is 1.00. The van der Waals surface area contributed by atoms with Crippen LogP contribution in [0.1, 0.15) is 27.7 Å². The molecule has 0 rings (SSSR count). The van der Waals surface area contributed by atoms with E-state index in [9.17, 15) is 0 Å². The molecule has 0 N–H and O–H groups in total. The molecule has 0 saturated carbocycles. The van der Waals surface area contributed by atoms with Crippen molar-refractivity contribution >= 4 is 65.7 Å². The van der Waals surface area contributed by atoms with E-state index in [0.717, 1.165) is 10.5 Å². The van der Waals surface area contributed by atoms with Crippen LogP contribution >= 0.6 is 0 Å². The number of hydrogen-bond donors (Lipinski definition) is 0. The molecule has 30 heavy (non-hydrogen) atoms. The molecular formula is C14H46O9Si7. The third kappa shape index (κ3) is 21.0. The van der Waals surface area contributed by atoms with E-state index in [2.05, 4.69) is 26.2 Å². The van der Waals surface area contributed by atoms with Gasteiger partial charge in [0.1, 0.15) is 10.5 Å². The molecule has 0 unspecified atom stereocenters. The van der Waals surface area contributed by atoms with Crippen molar-refractivity contribution in [2.75, 3.05) is 26.4 Å². The molecule has 9 nitrogen and oxygen atoms in total. The Balaban J connectivity index is 0. The van der Waals surface area contributed by atoms with Crippen LogP contribution in [-0.4, -0.2) is 92.1 Å². The van der Waals surface area contributed by atoms with Crippen LogP contribution in [0.4, 0.5) is 0 Å². The highest BCUT2D eigenvalue weighted by Gasteiger charge is 2.35. The van der Waals surface area contributed by atoms with Gasteiger partial charge >= 0.3 is 36.2 Å². The fourth-order valence-electron chi connectivity index (χ4n) is 1.64. The van der Waals surface area contributed by atoms with E-state index in [-0.39, 0.29) is 0 Å². The maximum atomic E-state index is 5.93. The lowest BCUT2D eigenvalue weighted by Gasteiger charge is -2.30. The third-order valence-corrected chi connectivity index (χ3v) is 22.2. The molecule has 0 aliphatic heterocycles. The lowest BCUT2D eigenvalue weighted by atomic mass is 10.9. The molecule has 184 valence electrons. The first-order valence-electron chi connectivity index (χ1n) is 10.6. The van der Waals surface area contributed by atoms with Gasteiger partial charge in [0.05, 0.1) is 0 Å². The summed E-state index contributed by atoms with van der Waals surface area (Å²) in [6.07, 6.45) is 0. The molecular weight excluding hydrogens is 509 g/mol. The molecule has 0 aromatic heterocycles. The second-order valence-corrected chi connectivity index (χ2v) is 23.5. The van der Waals surface area contributed by atoms with Crippen LogP contribution in [0.2, 0.25) is 39.3 Å². The smallest absolute Gasteiger partial charge is 0.445 e. The van der Waals surface area contributed by atoms with Gasteiger partial charge in [-0.2, -0.15) is 0 Å². The van der Waals surface area contributed by atoms with Crippen molar-refractivity contribution in [2.45, 2.75) is 67.0 Å². The summed E-state index contributed by atoms with van der Waals surface area (Å²) in [7, 11) is -9.11. The van der Waals surface area contributed by atoms with Gasteiger partial charge in [-0.1, -0.05) is 0 Å². The zero-order chi connectivity index (χ0) is 23.6. The lowest BCUT2D eigenvalue weighted by Crippen LogP contribution is -2.49. The molecule has 0 aliphatic carbocycles. The highest BCUT2D eigenvalue weighted by molar-refractivity contribution is 6.75. The predicted octanol–water partition coefficient (Wildman–Crippen LogP) is 0.302. The van der Waals surface area contributed by atoms with E-state index in [1.165, 1.54) is 0 Å². The molecule has 0 aromatic carbocycles. The van der Waals surface area contributed by atoms with Crippen molar-refractivity contribution in [3.05, 3.63) is 0 Å². The molecule has 0 radical (unpaired) electrons. The SMILES string of the molecule is CCO[SiH](OCC)O[Si](C)(C)O[SiH](OCC)OCC.C[SiH](C)O[SiH2]O[Si](C)(C)O[SiH3]. The van der Waals surface area contributed by atoms with Gasteiger partial charge < -0.3 is 38.3 Å². The number of rotatable bonds is 17. The molecule has 16 heteroatoms. The van der Waals surface area contributed by atoms with Crippen molar-refractivity contribution < 1.29 is 38.3 Å². The van der Waals surface area contributed by atoms with E-state index in [0.29, 0.717) is 26.4 Å². The summed E-state index contributed by atoms with van der Waals surface area (Å²) < 4.78 is 50.3. The quantitative estimate of drug-likeness (QED) is 0.236. The summed E-state index contributed by atoms with van der Waals surface area (Å²) in [6, 6.07) is 0. The van der Waals surface area contributed by atoms with Gasteiger partial charge in [0.15, 0.2) is 9.04 Å². The zero-order valence-electron chi connectivity index (χ0n) is 20.9. The monoisotopic (exact) mass is 554 g/mol.